The van der Waals surface area contributed by atoms with Crippen molar-refractivity contribution in [1.29, 1.82) is 0 Å². The lowest BCUT2D eigenvalue weighted by atomic mass is 9.83. The van der Waals surface area contributed by atoms with Crippen molar-refractivity contribution in [3.63, 3.8) is 0 Å². The first-order valence-corrected chi connectivity index (χ1v) is 10.5. The molecule has 4 rings (SSSR count). The maximum Gasteiger partial charge on any atom is 0.255 e. The van der Waals surface area contributed by atoms with Crippen LogP contribution in [0.5, 0.6) is 0 Å². The largest absolute Gasteiger partial charge is 0.383 e. The second-order valence-corrected chi connectivity index (χ2v) is 8.80. The van der Waals surface area contributed by atoms with Crippen LogP contribution in [0, 0.1) is 5.92 Å². The maximum absolute atomic E-state index is 13.1. The van der Waals surface area contributed by atoms with Crippen molar-refractivity contribution in [3.8, 4) is 0 Å². The van der Waals surface area contributed by atoms with E-state index in [1.165, 1.54) is 12.8 Å². The van der Waals surface area contributed by atoms with E-state index in [0.717, 1.165) is 51.4 Å². The SMILES string of the molecule is O=C1[C@H](O)[C@@H]([C@@]2(O)CCN(C3CCCCC3)C2=O)CN1C1CCCCC1. The summed E-state index contributed by atoms with van der Waals surface area (Å²) in [5.74, 6) is -1.25. The number of aliphatic hydroxyl groups is 2. The molecule has 4 fully saturated rings. The molecule has 0 aromatic rings. The Kier molecular flexibility index (Phi) is 4.99. The zero-order valence-corrected chi connectivity index (χ0v) is 15.6. The van der Waals surface area contributed by atoms with E-state index in [4.69, 9.17) is 0 Å². The van der Waals surface area contributed by atoms with E-state index >= 15 is 0 Å². The second kappa shape index (κ2) is 7.12. The molecule has 6 heteroatoms. The zero-order valence-electron chi connectivity index (χ0n) is 15.6. The highest BCUT2D eigenvalue weighted by molar-refractivity contribution is 5.91. The standard InChI is InChI=1S/C20H32N2O4/c23-17-16(13-22(18(17)24)15-9-5-2-6-10-15)20(26)11-12-21(19(20)25)14-7-3-1-4-8-14/h14-17,23,26H,1-13H2/t16-,17+,20-/m0/s1. The van der Waals surface area contributed by atoms with Gasteiger partial charge >= 0.3 is 0 Å². The number of carbonyl (C=O) groups is 2. The lowest BCUT2D eigenvalue weighted by Crippen LogP contribution is -2.52. The number of hydrogen-bond acceptors (Lipinski definition) is 4. The molecule has 2 N–H and O–H groups in total. The fraction of sp³-hybridized carbons (Fsp3) is 0.900. The van der Waals surface area contributed by atoms with E-state index in [9.17, 15) is 19.8 Å². The topological polar surface area (TPSA) is 81.1 Å². The molecule has 0 bridgehead atoms. The van der Waals surface area contributed by atoms with E-state index in [0.29, 0.717) is 19.5 Å². The van der Waals surface area contributed by atoms with E-state index in [1.54, 1.807) is 4.90 Å². The number of carbonyl (C=O) groups excluding carboxylic acids is 2. The van der Waals surface area contributed by atoms with Gasteiger partial charge < -0.3 is 20.0 Å². The van der Waals surface area contributed by atoms with Crippen LogP contribution in [-0.2, 0) is 9.59 Å². The Morgan fingerprint density at radius 3 is 1.96 bits per heavy atom. The second-order valence-electron chi connectivity index (χ2n) is 8.80. The highest BCUT2D eigenvalue weighted by atomic mass is 16.3. The van der Waals surface area contributed by atoms with Crippen molar-refractivity contribution >= 4 is 11.8 Å². The Bertz CT molecular complexity index is 556. The van der Waals surface area contributed by atoms with Crippen molar-refractivity contribution in [2.75, 3.05) is 13.1 Å². The predicted octanol–water partition coefficient (Wildman–Crippen LogP) is 1.43. The number of nitrogens with zero attached hydrogens (tertiary/aromatic N) is 2. The van der Waals surface area contributed by atoms with Gasteiger partial charge in [-0.1, -0.05) is 38.5 Å². The normalized spacial score (nSPS) is 37.8. The quantitative estimate of drug-likeness (QED) is 0.794. The van der Waals surface area contributed by atoms with Crippen LogP contribution in [0.4, 0.5) is 0 Å². The van der Waals surface area contributed by atoms with Gasteiger partial charge in [0.2, 0.25) is 0 Å². The Balaban J connectivity index is 1.49. The molecular weight excluding hydrogens is 332 g/mol. The van der Waals surface area contributed by atoms with Crippen LogP contribution in [0.3, 0.4) is 0 Å². The molecule has 4 aliphatic rings. The molecule has 146 valence electrons. The van der Waals surface area contributed by atoms with Gasteiger partial charge in [-0.15, -0.1) is 0 Å². The fourth-order valence-electron chi connectivity index (χ4n) is 5.71. The van der Waals surface area contributed by atoms with E-state index in [2.05, 4.69) is 0 Å². The maximum atomic E-state index is 13.1. The summed E-state index contributed by atoms with van der Waals surface area (Å²) in [5.41, 5.74) is -1.59. The molecule has 0 aromatic carbocycles. The van der Waals surface area contributed by atoms with Gasteiger partial charge in [0.05, 0.1) is 0 Å². The molecule has 0 unspecified atom stereocenters. The summed E-state index contributed by atoms with van der Waals surface area (Å²) < 4.78 is 0. The van der Waals surface area contributed by atoms with Gasteiger partial charge in [-0.05, 0) is 25.7 Å². The highest BCUT2D eigenvalue weighted by Crippen LogP contribution is 2.40. The molecule has 2 amide bonds. The van der Waals surface area contributed by atoms with Gasteiger partial charge in [-0.25, -0.2) is 0 Å². The molecule has 0 spiro atoms. The van der Waals surface area contributed by atoms with Crippen LogP contribution in [0.15, 0.2) is 0 Å². The summed E-state index contributed by atoms with van der Waals surface area (Å²) in [6, 6.07) is 0.374. The minimum absolute atomic E-state index is 0.158. The summed E-state index contributed by atoms with van der Waals surface area (Å²) in [5, 5.41) is 21.8. The minimum Gasteiger partial charge on any atom is -0.383 e. The summed E-state index contributed by atoms with van der Waals surface area (Å²) in [4.78, 5) is 29.3. The summed E-state index contributed by atoms with van der Waals surface area (Å²) in [6.45, 7) is 0.853. The molecule has 0 aromatic heterocycles. The van der Waals surface area contributed by atoms with Crippen LogP contribution in [0.25, 0.3) is 0 Å². The molecule has 2 saturated heterocycles. The molecule has 2 aliphatic heterocycles. The first kappa shape index (κ1) is 18.2. The number of rotatable bonds is 3. The van der Waals surface area contributed by atoms with Crippen LogP contribution in [0.1, 0.15) is 70.6 Å². The predicted molar refractivity (Wildman–Crippen MR) is 96.2 cm³/mol. The molecule has 3 atom stereocenters. The average molecular weight is 364 g/mol. The lowest BCUT2D eigenvalue weighted by molar-refractivity contribution is -0.154. The monoisotopic (exact) mass is 364 g/mol. The van der Waals surface area contributed by atoms with Gasteiger partial charge in [0, 0.05) is 37.5 Å². The Morgan fingerprint density at radius 2 is 1.38 bits per heavy atom. The molecule has 6 nitrogen and oxygen atoms in total. The van der Waals surface area contributed by atoms with Crippen LogP contribution >= 0.6 is 0 Å². The molecular formula is C20H32N2O4. The molecule has 2 saturated carbocycles. The van der Waals surface area contributed by atoms with Gasteiger partial charge in [-0.3, -0.25) is 9.59 Å². The van der Waals surface area contributed by atoms with Crippen molar-refractivity contribution in [2.45, 2.75) is 94.4 Å². The number of hydrogen-bond donors (Lipinski definition) is 2. The van der Waals surface area contributed by atoms with E-state index < -0.39 is 17.6 Å². The van der Waals surface area contributed by atoms with Gasteiger partial charge in [0.15, 0.2) is 5.60 Å². The number of likely N-dealkylation sites (tertiary alicyclic amines) is 2. The van der Waals surface area contributed by atoms with Gasteiger partial charge in [0.25, 0.3) is 11.8 Å². The summed E-state index contributed by atoms with van der Waals surface area (Å²) >= 11 is 0. The first-order chi connectivity index (χ1) is 12.5. The van der Waals surface area contributed by atoms with Crippen LogP contribution in [0.2, 0.25) is 0 Å². The average Bonchev–Trinajstić information content (AvgIpc) is 3.15. The van der Waals surface area contributed by atoms with Crippen molar-refractivity contribution < 1.29 is 19.8 Å². The van der Waals surface area contributed by atoms with E-state index in [1.807, 2.05) is 4.90 Å². The first-order valence-electron chi connectivity index (χ1n) is 10.5. The number of amides is 2. The number of aliphatic hydroxyl groups excluding tert-OH is 1. The highest BCUT2D eigenvalue weighted by Gasteiger charge is 2.59. The van der Waals surface area contributed by atoms with E-state index in [-0.39, 0.29) is 23.9 Å². The van der Waals surface area contributed by atoms with Gasteiger partial charge in [-0.2, -0.15) is 0 Å². The molecule has 26 heavy (non-hydrogen) atoms. The van der Waals surface area contributed by atoms with Crippen LogP contribution < -0.4 is 0 Å². The third kappa shape index (κ3) is 2.95. The van der Waals surface area contributed by atoms with Crippen molar-refractivity contribution in [3.05, 3.63) is 0 Å². The van der Waals surface area contributed by atoms with Crippen molar-refractivity contribution in [2.24, 2.45) is 5.92 Å². The van der Waals surface area contributed by atoms with Gasteiger partial charge in [0.1, 0.15) is 6.10 Å². The summed E-state index contributed by atoms with van der Waals surface area (Å²) in [6.07, 6.45) is 9.90. The Hall–Kier alpha value is -1.14. The lowest BCUT2D eigenvalue weighted by Gasteiger charge is -2.35. The zero-order chi connectivity index (χ0) is 18.3. The Labute approximate surface area is 155 Å². The fourth-order valence-corrected chi connectivity index (χ4v) is 5.71. The molecule has 2 aliphatic carbocycles. The third-order valence-corrected chi connectivity index (χ3v) is 7.32. The molecule has 0 radical (unpaired) electrons. The van der Waals surface area contributed by atoms with Crippen LogP contribution in [-0.4, -0.2) is 68.7 Å². The Morgan fingerprint density at radius 1 is 0.846 bits per heavy atom. The third-order valence-electron chi connectivity index (χ3n) is 7.32. The molecule has 2 heterocycles. The van der Waals surface area contributed by atoms with Crippen molar-refractivity contribution in [1.82, 2.24) is 9.80 Å². The smallest absolute Gasteiger partial charge is 0.255 e. The summed E-state index contributed by atoms with van der Waals surface area (Å²) in [7, 11) is 0. The minimum atomic E-state index is -1.59.